The van der Waals surface area contributed by atoms with Gasteiger partial charge in [-0.05, 0) is 43.1 Å². The molecule has 0 spiro atoms. The number of ether oxygens (including phenoxy) is 1. The van der Waals surface area contributed by atoms with Crippen LogP contribution in [0.3, 0.4) is 0 Å². The highest BCUT2D eigenvalue weighted by Gasteiger charge is 2.23. The highest BCUT2D eigenvalue weighted by Crippen LogP contribution is 2.28. The Labute approximate surface area is 117 Å². The zero-order valence-corrected chi connectivity index (χ0v) is 11.7. The molecule has 1 aromatic carbocycles. The van der Waals surface area contributed by atoms with Gasteiger partial charge in [-0.2, -0.15) is 0 Å². The smallest absolute Gasteiger partial charge is 0.130 e. The number of pyridine rings is 1. The van der Waals surface area contributed by atoms with Crippen LogP contribution >= 0.6 is 11.6 Å². The number of nitrogens with zero attached hydrogens (tertiary/aromatic N) is 1. The molecule has 19 heavy (non-hydrogen) atoms. The van der Waals surface area contributed by atoms with E-state index in [2.05, 4.69) is 17.2 Å². The number of nitrogens with one attached hydrogen (secondary N) is 1. The molecule has 3 rings (SSSR count). The fraction of sp³-hybridized carbons (Fsp3) is 0.400. The highest BCUT2D eigenvalue weighted by atomic mass is 35.5. The number of halogens is 1. The Morgan fingerprint density at radius 3 is 3.11 bits per heavy atom. The Hall–Kier alpha value is -1.32. The lowest BCUT2D eigenvalue weighted by molar-refractivity contribution is 0.116. The van der Waals surface area contributed by atoms with Gasteiger partial charge in [-0.3, -0.25) is 4.98 Å². The van der Waals surface area contributed by atoms with Crippen LogP contribution in [-0.4, -0.2) is 24.2 Å². The van der Waals surface area contributed by atoms with Crippen molar-refractivity contribution in [3.8, 4) is 5.75 Å². The third-order valence-corrected chi connectivity index (χ3v) is 3.93. The van der Waals surface area contributed by atoms with Gasteiger partial charge < -0.3 is 10.1 Å². The average molecular weight is 277 g/mol. The molecule has 1 aliphatic heterocycles. The van der Waals surface area contributed by atoms with Crippen LogP contribution < -0.4 is 10.1 Å². The largest absolute Gasteiger partial charge is 0.488 e. The van der Waals surface area contributed by atoms with E-state index in [1.807, 2.05) is 24.3 Å². The van der Waals surface area contributed by atoms with Crippen LogP contribution in [0.25, 0.3) is 10.9 Å². The van der Waals surface area contributed by atoms with Crippen molar-refractivity contribution in [1.29, 1.82) is 0 Å². The second kappa shape index (κ2) is 5.35. The monoisotopic (exact) mass is 276 g/mol. The van der Waals surface area contributed by atoms with Crippen LogP contribution in [0.4, 0.5) is 0 Å². The molecular weight excluding hydrogens is 260 g/mol. The van der Waals surface area contributed by atoms with E-state index in [1.54, 1.807) is 6.20 Å². The van der Waals surface area contributed by atoms with Gasteiger partial charge in [-0.15, -0.1) is 0 Å². The zero-order valence-electron chi connectivity index (χ0n) is 10.9. The van der Waals surface area contributed by atoms with E-state index in [9.17, 15) is 0 Å². The van der Waals surface area contributed by atoms with Crippen LogP contribution in [0.5, 0.6) is 5.75 Å². The molecule has 0 bridgehead atoms. The van der Waals surface area contributed by atoms with Crippen molar-refractivity contribution < 1.29 is 4.74 Å². The van der Waals surface area contributed by atoms with Crippen molar-refractivity contribution in [1.82, 2.24) is 10.3 Å². The summed E-state index contributed by atoms with van der Waals surface area (Å²) < 4.78 is 6.18. The van der Waals surface area contributed by atoms with E-state index in [-0.39, 0.29) is 6.10 Å². The molecule has 4 heteroatoms. The van der Waals surface area contributed by atoms with E-state index < -0.39 is 0 Å². The number of hydrogen-bond acceptors (Lipinski definition) is 3. The van der Waals surface area contributed by atoms with Gasteiger partial charge in [0.2, 0.25) is 0 Å². The van der Waals surface area contributed by atoms with Gasteiger partial charge in [0.1, 0.15) is 11.9 Å². The van der Waals surface area contributed by atoms with Crippen molar-refractivity contribution in [3.63, 3.8) is 0 Å². The fourth-order valence-corrected chi connectivity index (χ4v) is 2.65. The zero-order chi connectivity index (χ0) is 13.2. The number of aromatic nitrogens is 1. The molecule has 0 amide bonds. The average Bonchev–Trinajstić information content (AvgIpc) is 2.41. The summed E-state index contributed by atoms with van der Waals surface area (Å²) in [4.78, 5) is 4.33. The standard InChI is InChI=1S/C15H17ClN2O/c1-10-4-6-17-9-15(10)19-14-5-7-18-13-8-11(16)2-3-12(13)14/h2-3,5,7-8,10,15,17H,4,6,9H2,1H3. The number of piperidine rings is 1. The first kappa shape index (κ1) is 12.7. The lowest BCUT2D eigenvalue weighted by Crippen LogP contribution is -2.42. The Bertz CT molecular complexity index is 587. The summed E-state index contributed by atoms with van der Waals surface area (Å²) in [6.07, 6.45) is 3.14. The molecule has 1 N–H and O–H groups in total. The van der Waals surface area contributed by atoms with E-state index in [0.29, 0.717) is 10.9 Å². The third kappa shape index (κ3) is 2.67. The summed E-state index contributed by atoms with van der Waals surface area (Å²) in [5.74, 6) is 1.46. The normalized spacial score (nSPS) is 23.5. The van der Waals surface area contributed by atoms with Crippen molar-refractivity contribution in [2.75, 3.05) is 13.1 Å². The summed E-state index contributed by atoms with van der Waals surface area (Å²) in [5, 5.41) is 5.10. The predicted octanol–water partition coefficient (Wildman–Crippen LogP) is 3.27. The molecule has 1 aromatic heterocycles. The van der Waals surface area contributed by atoms with Crippen LogP contribution in [0.2, 0.25) is 5.02 Å². The number of fused-ring (bicyclic) bond motifs is 1. The number of benzene rings is 1. The van der Waals surface area contributed by atoms with Gasteiger partial charge in [0.25, 0.3) is 0 Å². The maximum absolute atomic E-state index is 6.18. The third-order valence-electron chi connectivity index (χ3n) is 3.70. The molecule has 0 saturated carbocycles. The van der Waals surface area contributed by atoms with Crippen molar-refractivity contribution in [2.24, 2.45) is 5.92 Å². The van der Waals surface area contributed by atoms with Crippen molar-refractivity contribution in [3.05, 3.63) is 35.5 Å². The summed E-state index contributed by atoms with van der Waals surface area (Å²) in [6, 6.07) is 7.64. The van der Waals surface area contributed by atoms with E-state index >= 15 is 0 Å². The van der Waals surface area contributed by atoms with Crippen LogP contribution in [0.15, 0.2) is 30.5 Å². The Kier molecular flexibility index (Phi) is 3.58. The molecule has 2 heterocycles. The summed E-state index contributed by atoms with van der Waals surface area (Å²) in [7, 11) is 0. The van der Waals surface area contributed by atoms with Gasteiger partial charge in [0.05, 0.1) is 5.52 Å². The molecule has 2 aromatic rings. The molecular formula is C15H17ClN2O. The predicted molar refractivity (Wildman–Crippen MR) is 77.8 cm³/mol. The van der Waals surface area contributed by atoms with E-state index in [4.69, 9.17) is 16.3 Å². The maximum atomic E-state index is 6.18. The van der Waals surface area contributed by atoms with Crippen molar-refractivity contribution >= 4 is 22.5 Å². The number of rotatable bonds is 2. The first-order valence-corrected chi connectivity index (χ1v) is 7.03. The first-order valence-electron chi connectivity index (χ1n) is 6.65. The molecule has 1 fully saturated rings. The van der Waals surface area contributed by atoms with Gasteiger partial charge >= 0.3 is 0 Å². The first-order chi connectivity index (χ1) is 9.24. The summed E-state index contributed by atoms with van der Waals surface area (Å²) in [5.41, 5.74) is 0.876. The fourth-order valence-electron chi connectivity index (χ4n) is 2.48. The molecule has 100 valence electrons. The Balaban J connectivity index is 1.92. The topological polar surface area (TPSA) is 34.1 Å². The molecule has 3 nitrogen and oxygen atoms in total. The summed E-state index contributed by atoms with van der Waals surface area (Å²) >= 11 is 6.00. The Morgan fingerprint density at radius 2 is 2.26 bits per heavy atom. The molecule has 0 radical (unpaired) electrons. The van der Waals surface area contributed by atoms with Gasteiger partial charge in [-0.1, -0.05) is 18.5 Å². The molecule has 0 aliphatic carbocycles. The highest BCUT2D eigenvalue weighted by molar-refractivity contribution is 6.31. The van der Waals surface area contributed by atoms with E-state index in [0.717, 1.165) is 36.2 Å². The molecule has 2 unspecified atom stereocenters. The quantitative estimate of drug-likeness (QED) is 0.914. The van der Waals surface area contributed by atoms with Crippen molar-refractivity contribution in [2.45, 2.75) is 19.4 Å². The molecule has 1 saturated heterocycles. The second-order valence-corrected chi connectivity index (χ2v) is 5.53. The van der Waals surface area contributed by atoms with Gasteiger partial charge in [0, 0.05) is 23.2 Å². The molecule has 2 atom stereocenters. The SMILES string of the molecule is CC1CCNCC1Oc1ccnc2cc(Cl)ccc12. The van der Waals surface area contributed by atoms with Crippen LogP contribution in [0, 0.1) is 5.92 Å². The van der Waals surface area contributed by atoms with Crippen LogP contribution in [0.1, 0.15) is 13.3 Å². The minimum atomic E-state index is 0.218. The lowest BCUT2D eigenvalue weighted by atomic mass is 9.97. The minimum absolute atomic E-state index is 0.218. The molecule has 1 aliphatic rings. The second-order valence-electron chi connectivity index (χ2n) is 5.10. The van der Waals surface area contributed by atoms with Gasteiger partial charge in [0.15, 0.2) is 0 Å². The van der Waals surface area contributed by atoms with Crippen LogP contribution in [-0.2, 0) is 0 Å². The van der Waals surface area contributed by atoms with E-state index in [1.165, 1.54) is 0 Å². The lowest BCUT2D eigenvalue weighted by Gasteiger charge is -2.30. The summed E-state index contributed by atoms with van der Waals surface area (Å²) in [6.45, 7) is 4.22. The van der Waals surface area contributed by atoms with Gasteiger partial charge in [-0.25, -0.2) is 0 Å². The minimum Gasteiger partial charge on any atom is -0.488 e. The maximum Gasteiger partial charge on any atom is 0.130 e. The Morgan fingerprint density at radius 1 is 1.37 bits per heavy atom. The number of hydrogen-bond donors (Lipinski definition) is 1.